The van der Waals surface area contributed by atoms with E-state index in [1.165, 1.54) is 18.2 Å². The Morgan fingerprint density at radius 3 is 2.73 bits per heavy atom. The third-order valence-electron chi connectivity index (χ3n) is 3.39. The summed E-state index contributed by atoms with van der Waals surface area (Å²) >= 11 is 13.1. The summed E-state index contributed by atoms with van der Waals surface area (Å²) in [6, 6.07) is 7.63. The van der Waals surface area contributed by atoms with Gasteiger partial charge in [-0.2, -0.15) is 0 Å². The van der Waals surface area contributed by atoms with Gasteiger partial charge in [-0.25, -0.2) is 4.39 Å². The third kappa shape index (κ3) is 2.78. The number of nitrogens with zero attached hydrogens (tertiary/aromatic N) is 1. The van der Waals surface area contributed by atoms with Crippen LogP contribution in [0, 0.1) is 5.82 Å². The number of hydrogen-bond acceptors (Lipinski definition) is 2. The van der Waals surface area contributed by atoms with E-state index in [9.17, 15) is 9.50 Å². The average Bonchev–Trinajstić information content (AvgIpc) is 2.49. The van der Waals surface area contributed by atoms with E-state index in [4.69, 9.17) is 11.6 Å². The first-order chi connectivity index (χ1) is 10.5. The second-order valence-corrected chi connectivity index (χ2v) is 6.81. The molecule has 0 radical (unpaired) electrons. The summed E-state index contributed by atoms with van der Waals surface area (Å²) in [4.78, 5) is 4.08. The summed E-state index contributed by atoms with van der Waals surface area (Å²) in [5.74, 6) is -0.448. The van der Waals surface area contributed by atoms with Gasteiger partial charge in [0.15, 0.2) is 0 Å². The van der Waals surface area contributed by atoms with E-state index < -0.39 is 11.9 Å². The number of aromatic nitrogens is 1. The largest absolute Gasteiger partial charge is 0.384 e. The number of aliphatic hydroxyl groups excluding tert-OH is 1. The fourth-order valence-corrected chi connectivity index (χ4v) is 4.26. The Labute approximate surface area is 148 Å². The maximum absolute atomic E-state index is 13.5. The minimum absolute atomic E-state index is 0.308. The molecule has 0 saturated heterocycles. The topological polar surface area (TPSA) is 33.1 Å². The van der Waals surface area contributed by atoms with E-state index in [0.717, 1.165) is 10.8 Å². The molecule has 6 heteroatoms. The van der Waals surface area contributed by atoms with Crippen LogP contribution in [0.3, 0.4) is 0 Å². The number of hydrogen-bond donors (Lipinski definition) is 1. The third-order valence-corrected chi connectivity index (χ3v) is 5.25. The molecule has 1 unspecified atom stereocenters. The molecule has 0 amide bonds. The van der Waals surface area contributed by atoms with Crippen LogP contribution in [0.5, 0.6) is 0 Å². The number of fused-ring (bicyclic) bond motifs is 1. The molecule has 1 aromatic heterocycles. The van der Waals surface area contributed by atoms with E-state index in [2.05, 4.69) is 36.8 Å². The lowest BCUT2D eigenvalue weighted by Gasteiger charge is -2.18. The molecule has 0 aliphatic heterocycles. The molecular formula is C16H9Br2ClFNO. The molecule has 1 atom stereocenters. The van der Waals surface area contributed by atoms with Gasteiger partial charge in [0.1, 0.15) is 11.9 Å². The van der Waals surface area contributed by atoms with Crippen LogP contribution in [0.1, 0.15) is 17.2 Å². The maximum Gasteiger partial charge on any atom is 0.123 e. The Morgan fingerprint density at radius 2 is 1.95 bits per heavy atom. The zero-order chi connectivity index (χ0) is 15.9. The minimum Gasteiger partial charge on any atom is -0.384 e. The van der Waals surface area contributed by atoms with Crippen LogP contribution in [0.25, 0.3) is 10.8 Å². The monoisotopic (exact) mass is 443 g/mol. The summed E-state index contributed by atoms with van der Waals surface area (Å²) in [5, 5.41) is 12.8. The SMILES string of the molecule is OC(c1cc(F)ccc1Cl)c1c(Br)cc2cnccc2c1Br. The number of aliphatic hydroxyl groups is 1. The van der Waals surface area contributed by atoms with Gasteiger partial charge in [-0.1, -0.05) is 27.5 Å². The summed E-state index contributed by atoms with van der Waals surface area (Å²) in [6.45, 7) is 0. The Balaban J connectivity index is 2.23. The van der Waals surface area contributed by atoms with Crippen LogP contribution >= 0.6 is 43.5 Å². The first-order valence-corrected chi connectivity index (χ1v) is 8.30. The molecule has 112 valence electrons. The van der Waals surface area contributed by atoms with Crippen LogP contribution in [0.4, 0.5) is 4.39 Å². The van der Waals surface area contributed by atoms with Crippen molar-refractivity contribution in [1.82, 2.24) is 4.98 Å². The Hall–Kier alpha value is -1.01. The van der Waals surface area contributed by atoms with E-state index >= 15 is 0 Å². The lowest BCUT2D eigenvalue weighted by atomic mass is 9.99. The number of halogens is 4. The Kier molecular flexibility index (Phi) is 4.50. The predicted molar refractivity (Wildman–Crippen MR) is 92.6 cm³/mol. The van der Waals surface area contributed by atoms with Crippen molar-refractivity contribution in [2.45, 2.75) is 6.10 Å². The van der Waals surface area contributed by atoms with Gasteiger partial charge in [-0.3, -0.25) is 4.98 Å². The highest BCUT2D eigenvalue weighted by molar-refractivity contribution is 9.11. The first-order valence-electron chi connectivity index (χ1n) is 6.33. The average molecular weight is 446 g/mol. The van der Waals surface area contributed by atoms with Crippen LogP contribution < -0.4 is 0 Å². The molecule has 0 saturated carbocycles. The Morgan fingerprint density at radius 1 is 1.18 bits per heavy atom. The van der Waals surface area contributed by atoms with Gasteiger partial charge in [0.25, 0.3) is 0 Å². The molecular weight excluding hydrogens is 436 g/mol. The zero-order valence-electron chi connectivity index (χ0n) is 11.0. The number of benzene rings is 2. The molecule has 0 bridgehead atoms. The zero-order valence-corrected chi connectivity index (χ0v) is 15.0. The number of pyridine rings is 1. The quantitative estimate of drug-likeness (QED) is 0.554. The van der Waals surface area contributed by atoms with Gasteiger partial charge in [0.2, 0.25) is 0 Å². The molecule has 0 aliphatic rings. The summed E-state index contributed by atoms with van der Waals surface area (Å²) < 4.78 is 14.9. The minimum atomic E-state index is -1.07. The van der Waals surface area contributed by atoms with Crippen molar-refractivity contribution in [3.05, 3.63) is 73.6 Å². The lowest BCUT2D eigenvalue weighted by Crippen LogP contribution is -2.04. The standard InChI is InChI=1S/C16H9Br2ClFNO/c17-12-5-8-7-21-4-3-10(8)15(18)14(12)16(22)11-6-9(20)1-2-13(11)19/h1-7,16,22H. The van der Waals surface area contributed by atoms with Crippen molar-refractivity contribution in [2.24, 2.45) is 0 Å². The molecule has 1 heterocycles. The van der Waals surface area contributed by atoms with E-state index in [1.807, 2.05) is 12.1 Å². The molecule has 0 spiro atoms. The second-order valence-electron chi connectivity index (χ2n) is 4.75. The number of rotatable bonds is 2. The normalized spacial score (nSPS) is 12.6. The van der Waals surface area contributed by atoms with Crippen LogP contribution in [-0.2, 0) is 0 Å². The molecule has 2 aromatic carbocycles. The molecule has 0 aliphatic carbocycles. The summed E-state index contributed by atoms with van der Waals surface area (Å²) in [7, 11) is 0. The summed E-state index contributed by atoms with van der Waals surface area (Å²) in [6.07, 6.45) is 2.34. The van der Waals surface area contributed by atoms with Crippen molar-refractivity contribution in [3.8, 4) is 0 Å². The molecule has 2 nitrogen and oxygen atoms in total. The first kappa shape index (κ1) is 15.9. The van der Waals surface area contributed by atoms with Gasteiger partial charge in [0, 0.05) is 42.9 Å². The highest BCUT2D eigenvalue weighted by atomic mass is 79.9. The van der Waals surface area contributed by atoms with Crippen LogP contribution in [-0.4, -0.2) is 10.1 Å². The van der Waals surface area contributed by atoms with Crippen LogP contribution in [0.2, 0.25) is 5.02 Å². The smallest absolute Gasteiger partial charge is 0.123 e. The van der Waals surface area contributed by atoms with E-state index in [1.54, 1.807) is 12.4 Å². The van der Waals surface area contributed by atoms with Gasteiger partial charge in [-0.15, -0.1) is 0 Å². The van der Waals surface area contributed by atoms with Gasteiger partial charge < -0.3 is 5.11 Å². The second kappa shape index (κ2) is 6.24. The van der Waals surface area contributed by atoms with E-state index in [0.29, 0.717) is 25.1 Å². The molecule has 1 N–H and O–H groups in total. The fraction of sp³-hybridized carbons (Fsp3) is 0.0625. The van der Waals surface area contributed by atoms with Crippen molar-refractivity contribution in [2.75, 3.05) is 0 Å². The summed E-state index contributed by atoms with van der Waals surface area (Å²) in [5.41, 5.74) is 0.905. The van der Waals surface area contributed by atoms with Crippen molar-refractivity contribution in [3.63, 3.8) is 0 Å². The van der Waals surface area contributed by atoms with Gasteiger partial charge >= 0.3 is 0 Å². The maximum atomic E-state index is 13.5. The molecule has 22 heavy (non-hydrogen) atoms. The molecule has 0 fully saturated rings. The fourth-order valence-electron chi connectivity index (χ4n) is 2.32. The van der Waals surface area contributed by atoms with E-state index in [-0.39, 0.29) is 0 Å². The van der Waals surface area contributed by atoms with Gasteiger partial charge in [-0.05, 0) is 51.6 Å². The van der Waals surface area contributed by atoms with Crippen molar-refractivity contribution < 1.29 is 9.50 Å². The van der Waals surface area contributed by atoms with Crippen molar-refractivity contribution >= 4 is 54.2 Å². The van der Waals surface area contributed by atoms with Crippen molar-refractivity contribution in [1.29, 1.82) is 0 Å². The highest BCUT2D eigenvalue weighted by Gasteiger charge is 2.22. The van der Waals surface area contributed by atoms with Gasteiger partial charge in [0.05, 0.1) is 0 Å². The van der Waals surface area contributed by atoms with Crippen LogP contribution in [0.15, 0.2) is 51.7 Å². The highest BCUT2D eigenvalue weighted by Crippen LogP contribution is 2.40. The predicted octanol–water partition coefficient (Wildman–Crippen LogP) is 5.63. The lowest BCUT2D eigenvalue weighted by molar-refractivity contribution is 0.218. The molecule has 3 aromatic rings. The molecule has 3 rings (SSSR count). The Bertz CT molecular complexity index is 872.